The second kappa shape index (κ2) is 3.76. The molecule has 0 radical (unpaired) electrons. The van der Waals surface area contributed by atoms with Crippen LogP contribution in [0.1, 0.15) is 6.42 Å². The Morgan fingerprint density at radius 3 is 2.31 bits per heavy atom. The van der Waals surface area contributed by atoms with Crippen molar-refractivity contribution in [2.24, 2.45) is 0 Å². The summed E-state index contributed by atoms with van der Waals surface area (Å²) in [4.78, 5) is 26.1. The first-order chi connectivity index (χ1) is 5.81. The molecule has 10 heteroatoms. The van der Waals surface area contributed by atoms with Gasteiger partial charge in [-0.1, -0.05) is 0 Å². The minimum Gasteiger partial charge on any atom is -0.303 e. The molecule has 0 aliphatic carbocycles. The number of hydrogen-bond donors (Lipinski definition) is 4. The van der Waals surface area contributed by atoms with Crippen LogP contribution in [0.5, 0.6) is 0 Å². The fourth-order valence-corrected chi connectivity index (χ4v) is 2.34. The van der Waals surface area contributed by atoms with Crippen LogP contribution >= 0.6 is 15.3 Å². The number of hydrogen-bond acceptors (Lipinski definition) is 4. The summed E-state index contributed by atoms with van der Waals surface area (Å²) in [7, 11) is -7.03. The van der Waals surface area contributed by atoms with Gasteiger partial charge in [0.15, 0.2) is 0 Å². The maximum absolute atomic E-state index is 10.8. The molecular formula is C3H9NO7P2. The van der Waals surface area contributed by atoms with Crippen molar-refractivity contribution < 1.29 is 33.4 Å². The molecule has 0 saturated carbocycles. The van der Waals surface area contributed by atoms with E-state index in [1.165, 1.54) is 0 Å². The molecule has 8 nitrogen and oxygen atoms in total. The molecule has 2 fully saturated rings. The standard InChI is InChI=1S/C3H6NO3P.H3O4P/c5-8-3(4-8)1-2-6-7-8;1-5(2,3)4/h3H,1-2H2,(H,4,5);(H3,1,2,3,4). The Bertz CT molecular complexity index is 265. The van der Waals surface area contributed by atoms with Crippen molar-refractivity contribution in [3.63, 3.8) is 0 Å². The second-order valence-corrected chi connectivity index (χ2v) is 5.69. The van der Waals surface area contributed by atoms with Gasteiger partial charge >= 0.3 is 15.3 Å². The van der Waals surface area contributed by atoms with E-state index in [-0.39, 0.29) is 5.78 Å². The highest BCUT2D eigenvalue weighted by atomic mass is 31.2. The predicted molar refractivity (Wildman–Crippen MR) is 40.4 cm³/mol. The van der Waals surface area contributed by atoms with E-state index in [9.17, 15) is 4.57 Å². The molecule has 4 N–H and O–H groups in total. The van der Waals surface area contributed by atoms with Crippen LogP contribution in [0.25, 0.3) is 0 Å². The SMILES string of the molecule is O=P(O)(O)O.O=P12NC1CCOO2. The van der Waals surface area contributed by atoms with Gasteiger partial charge in [0.2, 0.25) is 0 Å². The van der Waals surface area contributed by atoms with Gasteiger partial charge in [0.05, 0.1) is 6.61 Å². The van der Waals surface area contributed by atoms with Crippen LogP contribution in [0.2, 0.25) is 0 Å². The van der Waals surface area contributed by atoms with Gasteiger partial charge in [-0.3, -0.25) is 4.57 Å². The molecule has 0 spiro atoms. The van der Waals surface area contributed by atoms with Gasteiger partial charge in [-0.25, -0.2) is 14.5 Å². The summed E-state index contributed by atoms with van der Waals surface area (Å²) < 4.78 is 24.2. The maximum atomic E-state index is 10.8. The lowest BCUT2D eigenvalue weighted by atomic mass is 10.5. The van der Waals surface area contributed by atoms with E-state index in [1.807, 2.05) is 0 Å². The van der Waals surface area contributed by atoms with Crippen molar-refractivity contribution >= 4 is 15.3 Å². The van der Waals surface area contributed by atoms with E-state index >= 15 is 0 Å². The van der Waals surface area contributed by atoms with Crippen LogP contribution in [0.3, 0.4) is 0 Å². The zero-order chi connectivity index (χ0) is 10.1. The third kappa shape index (κ3) is 4.30. The Morgan fingerprint density at radius 1 is 1.46 bits per heavy atom. The zero-order valence-electron chi connectivity index (χ0n) is 6.36. The molecule has 2 rings (SSSR count). The number of phosphoric acid groups is 1. The van der Waals surface area contributed by atoms with Crippen molar-refractivity contribution in [3.05, 3.63) is 0 Å². The van der Waals surface area contributed by atoms with Crippen molar-refractivity contribution in [1.29, 1.82) is 0 Å². The fourth-order valence-electron chi connectivity index (χ4n) is 0.758. The molecule has 0 aromatic carbocycles. The Kier molecular flexibility index (Phi) is 3.27. The van der Waals surface area contributed by atoms with Gasteiger partial charge < -0.3 is 14.7 Å². The smallest absolute Gasteiger partial charge is 0.303 e. The summed E-state index contributed by atoms with van der Waals surface area (Å²) in [6, 6.07) is 0. The van der Waals surface area contributed by atoms with Gasteiger partial charge in [0.25, 0.3) is 0 Å². The van der Waals surface area contributed by atoms with Crippen LogP contribution < -0.4 is 5.09 Å². The van der Waals surface area contributed by atoms with E-state index in [1.54, 1.807) is 0 Å². The third-order valence-corrected chi connectivity index (χ3v) is 3.24. The van der Waals surface area contributed by atoms with E-state index in [0.29, 0.717) is 6.61 Å². The molecule has 2 aliphatic heterocycles. The van der Waals surface area contributed by atoms with E-state index < -0.39 is 15.3 Å². The lowest BCUT2D eigenvalue weighted by Gasteiger charge is -2.04. The molecule has 2 aliphatic rings. The van der Waals surface area contributed by atoms with Gasteiger partial charge in [-0.2, -0.15) is 4.67 Å². The summed E-state index contributed by atoms with van der Waals surface area (Å²) in [6.07, 6.45) is 0.817. The molecular weight excluding hydrogens is 224 g/mol. The van der Waals surface area contributed by atoms with Crippen molar-refractivity contribution in [2.75, 3.05) is 6.61 Å². The normalized spacial score (nSPS) is 37.0. The Morgan fingerprint density at radius 2 is 2.00 bits per heavy atom. The first kappa shape index (κ1) is 11.3. The Labute approximate surface area is 73.5 Å². The lowest BCUT2D eigenvalue weighted by Crippen LogP contribution is -2.01. The van der Waals surface area contributed by atoms with Gasteiger partial charge in [-0.15, -0.1) is 0 Å². The molecule has 78 valence electrons. The van der Waals surface area contributed by atoms with Crippen LogP contribution in [0.15, 0.2) is 0 Å². The molecule has 2 saturated heterocycles. The topological polar surface area (TPSA) is 135 Å². The quantitative estimate of drug-likeness (QED) is 0.250. The summed E-state index contributed by atoms with van der Waals surface area (Å²) in [5.74, 6) is 0.108. The van der Waals surface area contributed by atoms with Gasteiger partial charge in [0.1, 0.15) is 5.78 Å². The molecule has 0 bridgehead atoms. The average Bonchev–Trinajstić information content (AvgIpc) is 2.55. The predicted octanol–water partition coefficient (Wildman–Crippen LogP) is -0.468. The number of rotatable bonds is 0. The monoisotopic (exact) mass is 233 g/mol. The maximum Gasteiger partial charge on any atom is 0.466 e. The van der Waals surface area contributed by atoms with E-state index in [2.05, 4.69) is 14.6 Å². The summed E-state index contributed by atoms with van der Waals surface area (Å²) in [6.45, 7) is 0.557. The van der Waals surface area contributed by atoms with Crippen molar-refractivity contribution in [2.45, 2.75) is 12.2 Å². The fraction of sp³-hybridized carbons (Fsp3) is 1.00. The molecule has 2 unspecified atom stereocenters. The molecule has 2 atom stereocenters. The van der Waals surface area contributed by atoms with E-state index in [4.69, 9.17) is 19.2 Å². The minimum absolute atomic E-state index is 0.108. The van der Waals surface area contributed by atoms with Crippen LogP contribution in [-0.4, -0.2) is 27.1 Å². The Hall–Kier alpha value is 0.220. The first-order valence-corrected chi connectivity index (χ1v) is 6.54. The molecule has 0 amide bonds. The van der Waals surface area contributed by atoms with Gasteiger partial charge in [-0.05, 0) is 0 Å². The van der Waals surface area contributed by atoms with Crippen LogP contribution in [0.4, 0.5) is 0 Å². The molecule has 0 aromatic rings. The first-order valence-electron chi connectivity index (χ1n) is 3.28. The molecule has 13 heavy (non-hydrogen) atoms. The van der Waals surface area contributed by atoms with E-state index in [0.717, 1.165) is 6.42 Å². The van der Waals surface area contributed by atoms with Crippen molar-refractivity contribution in [1.82, 2.24) is 5.09 Å². The Balaban J connectivity index is 0.000000149. The van der Waals surface area contributed by atoms with Gasteiger partial charge in [0, 0.05) is 6.42 Å². The van der Waals surface area contributed by atoms with Crippen LogP contribution in [0, 0.1) is 0 Å². The van der Waals surface area contributed by atoms with Crippen molar-refractivity contribution in [3.8, 4) is 0 Å². The van der Waals surface area contributed by atoms with Crippen LogP contribution in [-0.2, 0) is 18.7 Å². The molecule has 2 heterocycles. The highest BCUT2D eigenvalue weighted by Gasteiger charge is 2.54. The minimum atomic E-state index is -4.64. The zero-order valence-corrected chi connectivity index (χ0v) is 8.15. The molecule has 0 aromatic heterocycles. The lowest BCUT2D eigenvalue weighted by molar-refractivity contribution is -0.209. The summed E-state index contributed by atoms with van der Waals surface area (Å²) >= 11 is 0. The third-order valence-electron chi connectivity index (χ3n) is 1.31. The highest BCUT2D eigenvalue weighted by Crippen LogP contribution is 2.64. The summed E-state index contributed by atoms with van der Waals surface area (Å²) in [5.41, 5.74) is 0. The number of nitrogens with one attached hydrogen (secondary N) is 1. The average molecular weight is 233 g/mol. The summed E-state index contributed by atoms with van der Waals surface area (Å²) in [5, 5.41) is 2.72. The largest absolute Gasteiger partial charge is 0.466 e. The highest BCUT2D eigenvalue weighted by molar-refractivity contribution is 7.64. The number of fused-ring (bicyclic) bond motifs is 1. The second-order valence-electron chi connectivity index (χ2n) is 2.44.